The van der Waals surface area contributed by atoms with Gasteiger partial charge in [0.15, 0.2) is 0 Å². The van der Waals surface area contributed by atoms with Crippen molar-refractivity contribution in [3.8, 4) is 0 Å². The number of rotatable bonds is 17. The zero-order valence-electron chi connectivity index (χ0n) is 24.6. The molecule has 0 aliphatic heterocycles. The average Bonchev–Trinajstić information content (AvgIpc) is 2.99. The first-order chi connectivity index (χ1) is 20.7. The first kappa shape index (κ1) is 34.4. The Bertz CT molecular complexity index is 1400. The maximum atomic E-state index is 13.8. The van der Waals surface area contributed by atoms with Crippen LogP contribution in [0.5, 0.6) is 0 Å². The van der Waals surface area contributed by atoms with Crippen molar-refractivity contribution in [2.75, 3.05) is 38.8 Å². The van der Waals surface area contributed by atoms with Gasteiger partial charge >= 0.3 is 13.9 Å². The molecule has 3 rings (SSSR count). The first-order valence-corrected chi connectivity index (χ1v) is 16.0. The summed E-state index contributed by atoms with van der Waals surface area (Å²) in [5.74, 6) is -0.431. The Balaban J connectivity index is 1.59. The highest BCUT2D eigenvalue weighted by atomic mass is 35.5. The number of pyridine rings is 1. The summed E-state index contributed by atoms with van der Waals surface area (Å²) in [6, 6.07) is 13.4. The molecule has 0 saturated heterocycles. The number of fused-ring (bicyclic) bond motifs is 1. The summed E-state index contributed by atoms with van der Waals surface area (Å²) in [4.78, 5) is 31.5. The molecule has 0 fully saturated rings. The van der Waals surface area contributed by atoms with E-state index < -0.39 is 25.8 Å². The van der Waals surface area contributed by atoms with Crippen molar-refractivity contribution in [1.29, 1.82) is 0 Å². The van der Waals surface area contributed by atoms with Gasteiger partial charge in [-0.2, -0.15) is 0 Å². The lowest BCUT2D eigenvalue weighted by atomic mass is 10.1. The van der Waals surface area contributed by atoms with Crippen LogP contribution in [0.2, 0.25) is 5.02 Å². The number of carbonyl (C=O) groups is 2. The Morgan fingerprint density at radius 2 is 1.77 bits per heavy atom. The quantitative estimate of drug-likeness (QED) is 0.120. The third-order valence-corrected chi connectivity index (χ3v) is 8.68. The van der Waals surface area contributed by atoms with Crippen molar-refractivity contribution in [3.05, 3.63) is 71.1 Å². The van der Waals surface area contributed by atoms with Gasteiger partial charge in [-0.3, -0.25) is 23.7 Å². The molecule has 234 valence electrons. The van der Waals surface area contributed by atoms with E-state index in [0.29, 0.717) is 30.6 Å². The standard InChI is InChI=1S/C30H38ClFN3O7P/c1-4-40-43(38,41-5-2)42-18-9-8-14-25(35(3)28(36)17-16-22-13-10-15-26(32)29(22)31)21-39-30(37)34-27-19-23-11-6-7-12-24(23)20-33-27/h6-7,10-13,15,19-20,25H,4-5,8-9,14,16-18,21H2,1-3H3,(H,33,34,37)/t25-/m0/s1. The number of aryl methyl sites for hydroxylation is 1. The number of anilines is 1. The van der Waals surface area contributed by atoms with Gasteiger partial charge in [-0.15, -0.1) is 0 Å². The number of unbranched alkanes of at least 4 members (excludes halogenated alkanes) is 1. The predicted octanol–water partition coefficient (Wildman–Crippen LogP) is 7.40. The number of ether oxygens (including phenoxy) is 1. The summed E-state index contributed by atoms with van der Waals surface area (Å²) in [5.41, 5.74) is 0.531. The summed E-state index contributed by atoms with van der Waals surface area (Å²) in [6.07, 6.45) is 2.79. The van der Waals surface area contributed by atoms with Crippen molar-refractivity contribution < 1.29 is 36.9 Å². The number of likely N-dealkylation sites (N-methyl/N-ethyl adjacent to an activating group) is 1. The fourth-order valence-electron chi connectivity index (χ4n) is 4.30. The second-order valence-corrected chi connectivity index (χ2v) is 11.7. The van der Waals surface area contributed by atoms with Crippen molar-refractivity contribution in [1.82, 2.24) is 9.88 Å². The van der Waals surface area contributed by atoms with Gasteiger partial charge < -0.3 is 9.64 Å². The van der Waals surface area contributed by atoms with E-state index in [1.165, 1.54) is 11.0 Å². The molecule has 0 aliphatic carbocycles. The van der Waals surface area contributed by atoms with Crippen LogP contribution in [0.25, 0.3) is 10.8 Å². The molecule has 0 spiro atoms. The molecule has 43 heavy (non-hydrogen) atoms. The number of phosphoric acid groups is 1. The van der Waals surface area contributed by atoms with E-state index in [2.05, 4.69) is 10.3 Å². The van der Waals surface area contributed by atoms with E-state index in [4.69, 9.17) is 29.9 Å². The van der Waals surface area contributed by atoms with E-state index in [9.17, 15) is 18.5 Å². The Morgan fingerprint density at radius 1 is 1.05 bits per heavy atom. The van der Waals surface area contributed by atoms with Crippen LogP contribution in [-0.4, -0.2) is 61.4 Å². The normalized spacial score (nSPS) is 12.2. The maximum Gasteiger partial charge on any atom is 0.474 e. The average molecular weight is 638 g/mol. The summed E-state index contributed by atoms with van der Waals surface area (Å²) >= 11 is 6.05. The van der Waals surface area contributed by atoms with Crippen LogP contribution < -0.4 is 5.32 Å². The van der Waals surface area contributed by atoms with Crippen LogP contribution in [0, 0.1) is 5.82 Å². The Kier molecular flexibility index (Phi) is 13.8. The number of nitrogens with one attached hydrogen (secondary N) is 1. The Labute approximate surface area is 256 Å². The molecule has 2 aromatic carbocycles. The molecular weight excluding hydrogens is 600 g/mol. The minimum Gasteiger partial charge on any atom is -0.447 e. The second-order valence-electron chi connectivity index (χ2n) is 9.62. The third-order valence-electron chi connectivity index (χ3n) is 6.60. The van der Waals surface area contributed by atoms with E-state index in [-0.39, 0.29) is 50.2 Å². The monoisotopic (exact) mass is 637 g/mol. The van der Waals surface area contributed by atoms with Gasteiger partial charge in [-0.05, 0) is 62.6 Å². The van der Waals surface area contributed by atoms with Gasteiger partial charge in [0, 0.05) is 25.1 Å². The van der Waals surface area contributed by atoms with Gasteiger partial charge in [0.2, 0.25) is 5.91 Å². The molecule has 1 atom stereocenters. The highest BCUT2D eigenvalue weighted by Gasteiger charge is 2.26. The van der Waals surface area contributed by atoms with Gasteiger partial charge in [-0.1, -0.05) is 48.0 Å². The van der Waals surface area contributed by atoms with Crippen LogP contribution in [0.1, 0.15) is 45.1 Å². The number of hydrogen-bond donors (Lipinski definition) is 1. The van der Waals surface area contributed by atoms with Crippen molar-refractivity contribution in [2.24, 2.45) is 0 Å². The number of amides is 2. The molecule has 1 aromatic heterocycles. The Morgan fingerprint density at radius 3 is 2.49 bits per heavy atom. The van der Waals surface area contributed by atoms with E-state index in [0.717, 1.165) is 10.8 Å². The van der Waals surface area contributed by atoms with Crippen LogP contribution >= 0.6 is 19.4 Å². The molecular formula is C30H38ClFN3O7P. The van der Waals surface area contributed by atoms with Gasteiger partial charge in [-0.25, -0.2) is 18.7 Å². The zero-order chi connectivity index (χ0) is 31.2. The van der Waals surface area contributed by atoms with Crippen molar-refractivity contribution in [3.63, 3.8) is 0 Å². The minimum absolute atomic E-state index is 0.00629. The molecule has 3 aromatic rings. The number of aromatic nitrogens is 1. The summed E-state index contributed by atoms with van der Waals surface area (Å²) in [6.45, 7) is 3.79. The lowest BCUT2D eigenvalue weighted by molar-refractivity contribution is -0.132. The van der Waals surface area contributed by atoms with Crippen molar-refractivity contribution in [2.45, 2.75) is 52.0 Å². The van der Waals surface area contributed by atoms with E-state index >= 15 is 0 Å². The molecule has 10 nitrogen and oxygen atoms in total. The fourth-order valence-corrected chi connectivity index (χ4v) is 5.73. The summed E-state index contributed by atoms with van der Waals surface area (Å²) < 4.78 is 47.5. The highest BCUT2D eigenvalue weighted by Crippen LogP contribution is 2.49. The zero-order valence-corrected chi connectivity index (χ0v) is 26.2. The van der Waals surface area contributed by atoms with E-state index in [1.807, 2.05) is 24.3 Å². The molecule has 1 heterocycles. The molecule has 0 unspecified atom stereocenters. The number of phosphoric ester groups is 1. The van der Waals surface area contributed by atoms with Crippen molar-refractivity contribution >= 4 is 48.0 Å². The SMILES string of the molecule is CCOP(=O)(OCC)OCCCC[C@@H](COC(=O)Nc1cc2ccccc2cn1)N(C)C(=O)CCc1cccc(F)c1Cl. The van der Waals surface area contributed by atoms with Crippen LogP contribution in [0.3, 0.4) is 0 Å². The maximum absolute atomic E-state index is 13.8. The lowest BCUT2D eigenvalue weighted by Crippen LogP contribution is -2.41. The molecule has 0 radical (unpaired) electrons. The number of benzene rings is 2. The number of halogens is 2. The van der Waals surface area contributed by atoms with Gasteiger partial charge in [0.05, 0.1) is 30.9 Å². The Hall–Kier alpha value is -3.08. The molecule has 0 saturated carbocycles. The lowest BCUT2D eigenvalue weighted by Gasteiger charge is -2.28. The number of nitrogens with zero attached hydrogens (tertiary/aromatic N) is 2. The number of hydrogen-bond acceptors (Lipinski definition) is 8. The predicted molar refractivity (Wildman–Crippen MR) is 164 cm³/mol. The van der Waals surface area contributed by atoms with Crippen LogP contribution in [0.15, 0.2) is 54.7 Å². The largest absolute Gasteiger partial charge is 0.474 e. The van der Waals surface area contributed by atoms with Gasteiger partial charge in [0.25, 0.3) is 0 Å². The first-order valence-electron chi connectivity index (χ1n) is 14.2. The molecule has 2 amide bonds. The summed E-state index contributed by atoms with van der Waals surface area (Å²) in [7, 11) is -2.00. The fraction of sp³-hybridized carbons (Fsp3) is 0.433. The molecule has 1 N–H and O–H groups in total. The van der Waals surface area contributed by atoms with Crippen LogP contribution in [-0.2, 0) is 34.1 Å². The smallest absolute Gasteiger partial charge is 0.447 e. The molecule has 0 aliphatic rings. The second kappa shape index (κ2) is 17.3. The van der Waals surface area contributed by atoms with E-state index in [1.54, 1.807) is 45.3 Å². The van der Waals surface area contributed by atoms with Gasteiger partial charge in [0.1, 0.15) is 18.2 Å². The highest BCUT2D eigenvalue weighted by molar-refractivity contribution is 7.48. The number of carbonyl (C=O) groups excluding carboxylic acids is 2. The third kappa shape index (κ3) is 10.9. The van der Waals surface area contributed by atoms with Crippen LogP contribution in [0.4, 0.5) is 15.0 Å². The minimum atomic E-state index is -3.62. The summed E-state index contributed by atoms with van der Waals surface area (Å²) in [5, 5.41) is 4.47. The molecule has 13 heteroatoms. The molecule has 0 bridgehead atoms. The topological polar surface area (TPSA) is 116 Å².